The summed E-state index contributed by atoms with van der Waals surface area (Å²) in [5.41, 5.74) is 2.14. The second-order valence-electron chi connectivity index (χ2n) is 6.78. The summed E-state index contributed by atoms with van der Waals surface area (Å²) in [5, 5.41) is 0. The van der Waals surface area contributed by atoms with E-state index in [9.17, 15) is 4.79 Å². The van der Waals surface area contributed by atoms with Gasteiger partial charge < -0.3 is 4.74 Å². The average molecular weight is 286 g/mol. The minimum Gasteiger partial charge on any atom is -0.460 e. The van der Waals surface area contributed by atoms with Crippen molar-refractivity contribution in [3.05, 3.63) is 47.5 Å². The fourth-order valence-electron chi connectivity index (χ4n) is 2.80. The molecule has 1 aliphatic rings. The Hall–Kier alpha value is -1.57. The number of rotatable bonds is 5. The largest absolute Gasteiger partial charge is 0.460 e. The molecule has 21 heavy (non-hydrogen) atoms. The van der Waals surface area contributed by atoms with Crippen LogP contribution in [0.15, 0.2) is 42.0 Å². The van der Waals surface area contributed by atoms with Gasteiger partial charge in [-0.2, -0.15) is 0 Å². The van der Waals surface area contributed by atoms with Gasteiger partial charge in [-0.05, 0) is 58.4 Å². The fraction of sp³-hybridized carbons (Fsp3) is 0.526. The highest BCUT2D eigenvalue weighted by atomic mass is 16.6. The summed E-state index contributed by atoms with van der Waals surface area (Å²) in [6.45, 7) is 5.80. The van der Waals surface area contributed by atoms with E-state index in [1.165, 1.54) is 17.6 Å². The van der Waals surface area contributed by atoms with Crippen LogP contribution in [0.4, 0.5) is 0 Å². The zero-order chi connectivity index (χ0) is 15.3. The van der Waals surface area contributed by atoms with Crippen LogP contribution in [0.2, 0.25) is 0 Å². The molecular weight excluding hydrogens is 260 g/mol. The first-order valence-electron chi connectivity index (χ1n) is 7.91. The number of hydrogen-bond donors (Lipinski definition) is 0. The summed E-state index contributed by atoms with van der Waals surface area (Å²) in [6.07, 6.45) is 7.30. The summed E-state index contributed by atoms with van der Waals surface area (Å²) in [7, 11) is 0. The van der Waals surface area contributed by atoms with E-state index in [0.29, 0.717) is 0 Å². The number of esters is 1. The van der Waals surface area contributed by atoms with E-state index in [0.717, 1.165) is 25.7 Å². The molecule has 0 saturated heterocycles. The van der Waals surface area contributed by atoms with Crippen molar-refractivity contribution in [3.63, 3.8) is 0 Å². The molecule has 2 heteroatoms. The van der Waals surface area contributed by atoms with Gasteiger partial charge in [0.05, 0.1) is 5.92 Å². The molecule has 0 N–H and O–H groups in total. The number of allylic oxidation sites excluding steroid dienone is 1. The van der Waals surface area contributed by atoms with Gasteiger partial charge in [0.15, 0.2) is 0 Å². The second-order valence-corrected chi connectivity index (χ2v) is 6.78. The zero-order valence-electron chi connectivity index (χ0n) is 13.4. The maximum Gasteiger partial charge on any atom is 0.313 e. The minimum absolute atomic E-state index is 0.0634. The third-order valence-electron chi connectivity index (χ3n) is 3.78. The topological polar surface area (TPSA) is 26.3 Å². The van der Waals surface area contributed by atoms with Gasteiger partial charge in [-0.1, -0.05) is 42.0 Å². The number of carbonyl (C=O) groups is 1. The molecule has 0 aliphatic heterocycles. The smallest absolute Gasteiger partial charge is 0.313 e. The van der Waals surface area contributed by atoms with Gasteiger partial charge in [-0.15, -0.1) is 0 Å². The van der Waals surface area contributed by atoms with Crippen LogP contribution >= 0.6 is 0 Å². The van der Waals surface area contributed by atoms with E-state index in [2.05, 4.69) is 18.2 Å². The lowest BCUT2D eigenvalue weighted by molar-refractivity contribution is -0.158. The van der Waals surface area contributed by atoms with Crippen LogP contribution in [0, 0.1) is 5.92 Å². The first-order chi connectivity index (χ1) is 9.96. The molecule has 2 rings (SSSR count). The number of hydrogen-bond acceptors (Lipinski definition) is 2. The molecule has 0 fully saturated rings. The highest BCUT2D eigenvalue weighted by molar-refractivity contribution is 5.76. The van der Waals surface area contributed by atoms with Crippen LogP contribution in [-0.2, 0) is 16.0 Å². The van der Waals surface area contributed by atoms with Gasteiger partial charge in [0.1, 0.15) is 5.60 Å². The highest BCUT2D eigenvalue weighted by Gasteiger charge is 2.28. The van der Waals surface area contributed by atoms with E-state index in [4.69, 9.17) is 4.74 Å². The number of benzene rings is 1. The van der Waals surface area contributed by atoms with Gasteiger partial charge in [0, 0.05) is 0 Å². The molecule has 0 unspecified atom stereocenters. The SMILES string of the molecule is CC(C)(C)OC(=O)[C@H](CCc1ccccc1)C1=CCCC1. The molecule has 1 aliphatic carbocycles. The summed E-state index contributed by atoms with van der Waals surface area (Å²) in [4.78, 5) is 12.5. The van der Waals surface area contributed by atoms with Crippen LogP contribution in [0.5, 0.6) is 0 Å². The molecule has 0 aromatic heterocycles. The summed E-state index contributed by atoms with van der Waals surface area (Å²) in [6, 6.07) is 10.4. The Morgan fingerprint density at radius 1 is 1.24 bits per heavy atom. The van der Waals surface area contributed by atoms with Crippen molar-refractivity contribution in [1.82, 2.24) is 0 Å². The van der Waals surface area contributed by atoms with Gasteiger partial charge in [-0.25, -0.2) is 0 Å². The van der Waals surface area contributed by atoms with Crippen molar-refractivity contribution < 1.29 is 9.53 Å². The van der Waals surface area contributed by atoms with Gasteiger partial charge in [0.2, 0.25) is 0 Å². The normalized spacial score (nSPS) is 16.4. The number of ether oxygens (including phenoxy) is 1. The molecule has 2 nitrogen and oxygen atoms in total. The molecule has 0 bridgehead atoms. The van der Waals surface area contributed by atoms with Crippen LogP contribution in [0.3, 0.4) is 0 Å². The molecule has 0 saturated carbocycles. The van der Waals surface area contributed by atoms with Crippen LogP contribution in [0.25, 0.3) is 0 Å². The van der Waals surface area contributed by atoms with Gasteiger partial charge in [0.25, 0.3) is 0 Å². The van der Waals surface area contributed by atoms with Gasteiger partial charge >= 0.3 is 5.97 Å². The van der Waals surface area contributed by atoms with Crippen molar-refractivity contribution >= 4 is 5.97 Å². The van der Waals surface area contributed by atoms with Crippen LogP contribution in [-0.4, -0.2) is 11.6 Å². The summed E-state index contributed by atoms with van der Waals surface area (Å²) >= 11 is 0. The average Bonchev–Trinajstić information content (AvgIpc) is 2.92. The Balaban J connectivity index is 2.04. The number of aryl methyl sites for hydroxylation is 1. The summed E-state index contributed by atoms with van der Waals surface area (Å²) < 4.78 is 5.62. The van der Waals surface area contributed by atoms with Crippen molar-refractivity contribution in [2.24, 2.45) is 5.92 Å². The third-order valence-corrected chi connectivity index (χ3v) is 3.78. The number of carbonyl (C=O) groups excluding carboxylic acids is 1. The molecule has 0 spiro atoms. The lowest BCUT2D eigenvalue weighted by Crippen LogP contribution is -2.29. The van der Waals surface area contributed by atoms with E-state index in [1.807, 2.05) is 39.0 Å². The standard InChI is InChI=1S/C19H26O2/c1-19(2,3)21-18(20)17(16-11-7-8-12-16)14-13-15-9-5-4-6-10-15/h4-6,9-11,17H,7-8,12-14H2,1-3H3/t17-/m1/s1. The first-order valence-corrected chi connectivity index (χ1v) is 7.91. The summed E-state index contributed by atoms with van der Waals surface area (Å²) in [5.74, 6) is -0.140. The van der Waals surface area contributed by atoms with Crippen molar-refractivity contribution in [3.8, 4) is 0 Å². The molecule has 1 atom stereocenters. The van der Waals surface area contributed by atoms with E-state index in [1.54, 1.807) is 0 Å². The Bertz CT molecular complexity index is 494. The molecule has 0 amide bonds. The first kappa shape index (κ1) is 15.8. The lowest BCUT2D eigenvalue weighted by Gasteiger charge is -2.25. The Morgan fingerprint density at radius 3 is 2.52 bits per heavy atom. The zero-order valence-corrected chi connectivity index (χ0v) is 13.4. The Kier molecular flexibility index (Phi) is 5.22. The monoisotopic (exact) mass is 286 g/mol. The predicted octanol–water partition coefficient (Wildman–Crippen LogP) is 4.69. The Labute approximate surface area is 128 Å². The van der Waals surface area contributed by atoms with Gasteiger partial charge in [-0.3, -0.25) is 4.79 Å². The van der Waals surface area contributed by atoms with E-state index >= 15 is 0 Å². The van der Waals surface area contributed by atoms with Crippen LogP contribution < -0.4 is 0 Å². The minimum atomic E-state index is -0.415. The molecule has 114 valence electrons. The second kappa shape index (κ2) is 6.93. The third kappa shape index (κ3) is 5.04. The molecule has 1 aromatic carbocycles. The predicted molar refractivity (Wildman–Crippen MR) is 86.0 cm³/mol. The van der Waals surface area contributed by atoms with Crippen LogP contribution in [0.1, 0.15) is 52.0 Å². The molecule has 0 radical (unpaired) electrons. The van der Waals surface area contributed by atoms with E-state index in [-0.39, 0.29) is 11.9 Å². The molecular formula is C19H26O2. The molecule has 1 aromatic rings. The quantitative estimate of drug-likeness (QED) is 0.580. The maximum atomic E-state index is 12.5. The fourth-order valence-corrected chi connectivity index (χ4v) is 2.80. The van der Waals surface area contributed by atoms with E-state index < -0.39 is 5.60 Å². The van der Waals surface area contributed by atoms with Crippen molar-refractivity contribution in [2.75, 3.05) is 0 Å². The highest BCUT2D eigenvalue weighted by Crippen LogP contribution is 2.30. The molecule has 0 heterocycles. The maximum absolute atomic E-state index is 12.5. The lowest BCUT2D eigenvalue weighted by atomic mass is 9.91. The van der Waals surface area contributed by atoms with Crippen molar-refractivity contribution in [1.29, 1.82) is 0 Å². The Morgan fingerprint density at radius 2 is 1.95 bits per heavy atom. The van der Waals surface area contributed by atoms with Crippen molar-refractivity contribution in [2.45, 2.75) is 58.5 Å².